The Morgan fingerprint density at radius 3 is 2.69 bits per heavy atom. The molecule has 35 heavy (non-hydrogen) atoms. The maximum Gasteiger partial charge on any atom is 0.258 e. The van der Waals surface area contributed by atoms with Crippen LogP contribution >= 0.6 is 0 Å². The smallest absolute Gasteiger partial charge is 0.258 e. The number of ether oxygens (including phenoxy) is 3. The largest absolute Gasteiger partial charge is 0.484 e. The highest BCUT2D eigenvalue weighted by molar-refractivity contribution is 5.91. The zero-order valence-corrected chi connectivity index (χ0v) is 19.6. The van der Waals surface area contributed by atoms with Crippen molar-refractivity contribution in [3.63, 3.8) is 0 Å². The molecule has 0 radical (unpaired) electrons. The van der Waals surface area contributed by atoms with E-state index in [9.17, 15) is 19.2 Å². The van der Waals surface area contributed by atoms with Crippen molar-refractivity contribution >= 4 is 23.6 Å². The molecule has 0 saturated carbocycles. The lowest BCUT2D eigenvalue weighted by molar-refractivity contribution is -0.145. The number of nitrogens with one attached hydrogen (secondary N) is 2. The third-order valence-electron chi connectivity index (χ3n) is 5.60. The fourth-order valence-electron chi connectivity index (χ4n) is 3.82. The first kappa shape index (κ1) is 26.4. The van der Waals surface area contributed by atoms with Gasteiger partial charge in [0.2, 0.25) is 17.7 Å². The minimum atomic E-state index is -0.703. The third kappa shape index (κ3) is 8.50. The lowest BCUT2D eigenvalue weighted by atomic mass is 10.1. The summed E-state index contributed by atoms with van der Waals surface area (Å²) in [6.45, 7) is 0.787. The van der Waals surface area contributed by atoms with E-state index in [0.717, 1.165) is 0 Å². The van der Waals surface area contributed by atoms with E-state index in [-0.39, 0.29) is 77.1 Å². The molecule has 0 unspecified atom stereocenters. The molecular formula is C23H33N5O7. The summed E-state index contributed by atoms with van der Waals surface area (Å²) in [6.07, 6.45) is 0.340. The highest BCUT2D eigenvalue weighted by atomic mass is 16.5. The molecule has 0 spiro atoms. The highest BCUT2D eigenvalue weighted by Crippen LogP contribution is 2.17. The van der Waals surface area contributed by atoms with Gasteiger partial charge in [-0.2, -0.15) is 0 Å². The number of rotatable bonds is 6. The first-order valence-corrected chi connectivity index (χ1v) is 11.6. The molecule has 12 heteroatoms. The maximum atomic E-state index is 13.1. The second-order valence-electron chi connectivity index (χ2n) is 8.28. The Bertz CT molecular complexity index is 869. The lowest BCUT2D eigenvalue weighted by Gasteiger charge is -2.28. The van der Waals surface area contributed by atoms with Crippen molar-refractivity contribution in [2.75, 3.05) is 65.8 Å². The maximum absolute atomic E-state index is 13.1. The van der Waals surface area contributed by atoms with Crippen LogP contribution in [0.3, 0.4) is 0 Å². The molecule has 2 aliphatic heterocycles. The normalized spacial score (nSPS) is 22.6. The van der Waals surface area contributed by atoms with Crippen molar-refractivity contribution in [3.05, 3.63) is 30.3 Å². The van der Waals surface area contributed by atoms with Crippen LogP contribution in [0.1, 0.15) is 6.42 Å². The van der Waals surface area contributed by atoms with Crippen molar-refractivity contribution in [1.29, 1.82) is 0 Å². The van der Waals surface area contributed by atoms with E-state index in [0.29, 0.717) is 18.7 Å². The Morgan fingerprint density at radius 2 is 1.89 bits per heavy atom. The Balaban J connectivity index is 1.58. The first-order valence-electron chi connectivity index (χ1n) is 11.6. The predicted molar refractivity (Wildman–Crippen MR) is 124 cm³/mol. The van der Waals surface area contributed by atoms with E-state index in [2.05, 4.69) is 10.6 Å². The zero-order chi connectivity index (χ0) is 25.0. The summed E-state index contributed by atoms with van der Waals surface area (Å²) in [5.41, 5.74) is 6.02. The van der Waals surface area contributed by atoms with Gasteiger partial charge in [0.25, 0.3) is 5.91 Å². The molecule has 2 saturated heterocycles. The number of para-hydroxylation sites is 1. The molecule has 4 amide bonds. The number of amides is 4. The Hall–Kier alpha value is -3.22. The van der Waals surface area contributed by atoms with Crippen LogP contribution in [-0.2, 0) is 28.7 Å². The van der Waals surface area contributed by atoms with Crippen molar-refractivity contribution in [2.24, 2.45) is 5.73 Å². The van der Waals surface area contributed by atoms with Gasteiger partial charge in [-0.3, -0.25) is 19.2 Å². The van der Waals surface area contributed by atoms with Gasteiger partial charge in [-0.25, -0.2) is 0 Å². The highest BCUT2D eigenvalue weighted by Gasteiger charge is 2.38. The lowest BCUT2D eigenvalue weighted by Crippen LogP contribution is -2.51. The Morgan fingerprint density at radius 1 is 1.11 bits per heavy atom. The van der Waals surface area contributed by atoms with Crippen molar-refractivity contribution in [1.82, 2.24) is 20.4 Å². The molecule has 3 rings (SSSR count). The quantitative estimate of drug-likeness (QED) is 0.417. The number of carbonyl (C=O) groups excluding carboxylic acids is 4. The molecule has 1 aromatic rings. The van der Waals surface area contributed by atoms with E-state index >= 15 is 0 Å². The van der Waals surface area contributed by atoms with Gasteiger partial charge in [-0.1, -0.05) is 18.2 Å². The summed E-state index contributed by atoms with van der Waals surface area (Å²) in [4.78, 5) is 53.3. The second kappa shape index (κ2) is 13.6. The Labute approximate surface area is 204 Å². The third-order valence-corrected chi connectivity index (χ3v) is 5.60. The molecule has 0 aromatic heterocycles. The molecule has 0 bridgehead atoms. The van der Waals surface area contributed by atoms with Gasteiger partial charge in [-0.05, 0) is 18.6 Å². The molecule has 192 valence electrons. The average molecular weight is 492 g/mol. The summed E-state index contributed by atoms with van der Waals surface area (Å²) in [5, 5.41) is 5.44. The van der Waals surface area contributed by atoms with Gasteiger partial charge >= 0.3 is 0 Å². The number of nitrogens with zero attached hydrogens (tertiary/aromatic N) is 2. The van der Waals surface area contributed by atoms with Crippen LogP contribution in [-0.4, -0.2) is 111 Å². The fourth-order valence-corrected chi connectivity index (χ4v) is 3.82. The Kier molecular flexibility index (Phi) is 10.3. The number of benzene rings is 1. The molecule has 2 heterocycles. The van der Waals surface area contributed by atoms with Crippen LogP contribution in [0.25, 0.3) is 0 Å². The minimum absolute atomic E-state index is 0.0816. The van der Waals surface area contributed by atoms with E-state index in [1.807, 2.05) is 6.07 Å². The monoisotopic (exact) mass is 491 g/mol. The molecular weight excluding hydrogens is 458 g/mol. The minimum Gasteiger partial charge on any atom is -0.484 e. The van der Waals surface area contributed by atoms with Crippen molar-refractivity contribution in [2.45, 2.75) is 18.5 Å². The van der Waals surface area contributed by atoms with E-state index < -0.39 is 17.9 Å². The van der Waals surface area contributed by atoms with Gasteiger partial charge in [-0.15, -0.1) is 0 Å². The molecule has 2 aliphatic rings. The van der Waals surface area contributed by atoms with Crippen LogP contribution < -0.4 is 21.1 Å². The predicted octanol–water partition coefficient (Wildman–Crippen LogP) is -1.90. The van der Waals surface area contributed by atoms with E-state index in [1.54, 1.807) is 24.3 Å². The van der Waals surface area contributed by atoms with Crippen LogP contribution in [0.4, 0.5) is 0 Å². The number of fused-ring (bicyclic) bond motifs is 1. The molecule has 1 aromatic carbocycles. The average Bonchev–Trinajstić information content (AvgIpc) is 3.25. The summed E-state index contributed by atoms with van der Waals surface area (Å²) < 4.78 is 16.2. The zero-order valence-electron chi connectivity index (χ0n) is 19.6. The molecule has 4 N–H and O–H groups in total. The van der Waals surface area contributed by atoms with Crippen molar-refractivity contribution in [3.8, 4) is 5.75 Å². The van der Waals surface area contributed by atoms with Gasteiger partial charge in [0.1, 0.15) is 18.4 Å². The van der Waals surface area contributed by atoms with Crippen LogP contribution in [0.15, 0.2) is 30.3 Å². The summed E-state index contributed by atoms with van der Waals surface area (Å²) in [5.74, 6) is -0.896. The summed E-state index contributed by atoms with van der Waals surface area (Å²) >= 11 is 0. The van der Waals surface area contributed by atoms with E-state index in [4.69, 9.17) is 19.9 Å². The first-order chi connectivity index (χ1) is 16.9. The fraction of sp³-hybridized carbons (Fsp3) is 0.565. The number of hydrogen-bond donors (Lipinski definition) is 3. The number of nitrogens with two attached hydrogens (primary N) is 1. The second-order valence-corrected chi connectivity index (χ2v) is 8.28. The summed E-state index contributed by atoms with van der Waals surface area (Å²) in [7, 11) is 0. The van der Waals surface area contributed by atoms with Crippen LogP contribution in [0, 0.1) is 0 Å². The standard InChI is InChI=1S/C23H33N5O7/c24-17-12-19-23(32)26-7-9-33-10-11-34-16-22(31)27(14-21(30)28(19)13-17)8-6-25-20(29)15-35-18-4-2-1-3-5-18/h1-5,17,19H,6-16,24H2,(H,25,29)(H,26,32)/t17-,19-/m0/s1. The molecule has 12 nitrogen and oxygen atoms in total. The van der Waals surface area contributed by atoms with Crippen LogP contribution in [0.2, 0.25) is 0 Å². The number of carbonyl (C=O) groups is 4. The van der Waals surface area contributed by atoms with Crippen LogP contribution in [0.5, 0.6) is 5.75 Å². The van der Waals surface area contributed by atoms with Gasteiger partial charge in [0.05, 0.1) is 26.4 Å². The van der Waals surface area contributed by atoms with Gasteiger partial charge in [0.15, 0.2) is 6.61 Å². The van der Waals surface area contributed by atoms with Crippen molar-refractivity contribution < 1.29 is 33.4 Å². The SMILES string of the molecule is N[C@H]1C[C@H]2C(=O)NCCOCCOCC(=O)N(CCNC(=O)COc3ccccc3)CC(=O)N2C1. The van der Waals surface area contributed by atoms with Gasteiger partial charge in [0, 0.05) is 32.2 Å². The van der Waals surface area contributed by atoms with E-state index in [1.165, 1.54) is 9.80 Å². The van der Waals surface area contributed by atoms with Gasteiger partial charge < -0.3 is 40.4 Å². The number of hydrogen-bond acceptors (Lipinski definition) is 8. The molecule has 2 fully saturated rings. The molecule has 2 atom stereocenters. The molecule has 0 aliphatic carbocycles. The topological polar surface area (TPSA) is 153 Å². The summed E-state index contributed by atoms with van der Waals surface area (Å²) in [6, 6.07) is 7.88.